The third kappa shape index (κ3) is 3.42. The van der Waals surface area contributed by atoms with E-state index in [-0.39, 0.29) is 21.7 Å². The molecule has 0 aliphatic carbocycles. The Labute approximate surface area is 144 Å². The second kappa shape index (κ2) is 7.02. The molecule has 0 radical (unpaired) electrons. The molecule has 3 aromatic rings. The molecule has 0 saturated heterocycles. The highest BCUT2D eigenvalue weighted by Crippen LogP contribution is 2.29. The molecule has 124 valence electrons. The average Bonchev–Trinajstić information content (AvgIpc) is 3.24. The van der Waals surface area contributed by atoms with Crippen molar-refractivity contribution >= 4 is 39.2 Å². The zero-order valence-corrected chi connectivity index (χ0v) is 14.6. The lowest BCUT2D eigenvalue weighted by molar-refractivity contribution is 0.556. The summed E-state index contributed by atoms with van der Waals surface area (Å²) < 4.78 is 31.2. The normalized spacial score (nSPS) is 11.9. The van der Waals surface area contributed by atoms with Crippen molar-refractivity contribution in [2.24, 2.45) is 0 Å². The summed E-state index contributed by atoms with van der Waals surface area (Å²) in [5.74, 6) is 0.404. The molecule has 0 bridgehead atoms. The lowest BCUT2D eigenvalue weighted by Gasteiger charge is -2.03. The number of anilines is 1. The van der Waals surface area contributed by atoms with Crippen LogP contribution in [-0.4, -0.2) is 19.9 Å². The van der Waals surface area contributed by atoms with Crippen LogP contribution in [0.25, 0.3) is 12.2 Å². The zero-order chi connectivity index (χ0) is 17.0. The molecule has 0 atom stereocenters. The van der Waals surface area contributed by atoms with Crippen molar-refractivity contribution in [2.75, 3.05) is 11.9 Å². The van der Waals surface area contributed by atoms with Crippen molar-refractivity contribution < 1.29 is 12.8 Å². The standard InChI is InChI=1S/C17H16N2O3S2/c1-2-18-16-17(24(20,21)14-8-4-3-5-9-14)19-15(22-16)11-10-13-7-6-12-23-13/h3-12,18H,2H2,1H3. The predicted octanol–water partition coefficient (Wildman–Crippen LogP) is 4.17. The van der Waals surface area contributed by atoms with Crippen LogP contribution in [0.1, 0.15) is 17.7 Å². The molecular formula is C17H16N2O3S2. The monoisotopic (exact) mass is 360 g/mol. The quantitative estimate of drug-likeness (QED) is 0.714. The SMILES string of the molecule is CCNc1oc(C=Cc2cccs2)nc1S(=O)(=O)c1ccccc1. The smallest absolute Gasteiger partial charge is 0.233 e. The van der Waals surface area contributed by atoms with Gasteiger partial charge in [0.25, 0.3) is 0 Å². The van der Waals surface area contributed by atoms with E-state index >= 15 is 0 Å². The predicted molar refractivity (Wildman–Crippen MR) is 95.8 cm³/mol. The van der Waals surface area contributed by atoms with Crippen LogP contribution in [0, 0.1) is 0 Å². The van der Waals surface area contributed by atoms with Gasteiger partial charge < -0.3 is 9.73 Å². The van der Waals surface area contributed by atoms with Crippen LogP contribution < -0.4 is 5.32 Å². The van der Waals surface area contributed by atoms with E-state index in [9.17, 15) is 8.42 Å². The van der Waals surface area contributed by atoms with Crippen LogP contribution in [0.4, 0.5) is 5.88 Å². The van der Waals surface area contributed by atoms with Crippen molar-refractivity contribution in [3.8, 4) is 0 Å². The van der Waals surface area contributed by atoms with E-state index in [0.717, 1.165) is 4.88 Å². The maximum absolute atomic E-state index is 12.8. The molecule has 1 N–H and O–H groups in total. The van der Waals surface area contributed by atoms with Crippen LogP contribution >= 0.6 is 11.3 Å². The van der Waals surface area contributed by atoms with Gasteiger partial charge in [-0.1, -0.05) is 24.3 Å². The van der Waals surface area contributed by atoms with Gasteiger partial charge in [-0.25, -0.2) is 8.42 Å². The highest BCUT2D eigenvalue weighted by molar-refractivity contribution is 7.91. The number of rotatable bonds is 6. The number of oxazole rings is 1. The lowest BCUT2D eigenvalue weighted by atomic mass is 10.4. The van der Waals surface area contributed by atoms with Crippen LogP contribution in [0.15, 0.2) is 62.2 Å². The number of nitrogens with zero attached hydrogens (tertiary/aromatic N) is 1. The van der Waals surface area contributed by atoms with Gasteiger partial charge in [0.15, 0.2) is 0 Å². The molecule has 2 heterocycles. The fourth-order valence-corrected chi connectivity index (χ4v) is 4.02. The maximum atomic E-state index is 12.8. The minimum atomic E-state index is -3.74. The Balaban J connectivity index is 2.01. The van der Waals surface area contributed by atoms with E-state index in [1.165, 1.54) is 0 Å². The summed E-state index contributed by atoms with van der Waals surface area (Å²) in [6.45, 7) is 2.39. The number of benzene rings is 1. The number of sulfone groups is 1. The molecule has 2 aromatic heterocycles. The Kier molecular flexibility index (Phi) is 4.82. The van der Waals surface area contributed by atoms with E-state index in [2.05, 4.69) is 10.3 Å². The second-order valence-corrected chi connectivity index (χ2v) is 7.73. The Morgan fingerprint density at radius 1 is 1.17 bits per heavy atom. The summed E-state index contributed by atoms with van der Waals surface area (Å²) in [4.78, 5) is 5.40. The first kappa shape index (κ1) is 16.5. The fourth-order valence-electron chi connectivity index (χ4n) is 2.10. The Morgan fingerprint density at radius 3 is 2.62 bits per heavy atom. The molecule has 0 saturated carbocycles. The van der Waals surface area contributed by atoms with Gasteiger partial charge in [0.2, 0.25) is 26.6 Å². The summed E-state index contributed by atoms with van der Waals surface area (Å²) in [6, 6.07) is 12.1. The van der Waals surface area contributed by atoms with E-state index in [1.54, 1.807) is 47.7 Å². The largest absolute Gasteiger partial charge is 0.420 e. The first-order chi connectivity index (χ1) is 11.6. The molecule has 1 aromatic carbocycles. The first-order valence-corrected chi connectivity index (χ1v) is 9.74. The average molecular weight is 360 g/mol. The van der Waals surface area contributed by atoms with Gasteiger partial charge in [-0.15, -0.1) is 11.3 Å². The van der Waals surface area contributed by atoms with E-state index < -0.39 is 9.84 Å². The molecule has 5 nitrogen and oxygen atoms in total. The highest BCUT2D eigenvalue weighted by atomic mass is 32.2. The van der Waals surface area contributed by atoms with Crippen molar-refractivity contribution in [1.29, 1.82) is 0 Å². The highest BCUT2D eigenvalue weighted by Gasteiger charge is 2.27. The molecule has 24 heavy (non-hydrogen) atoms. The Morgan fingerprint density at radius 2 is 1.96 bits per heavy atom. The molecule has 0 aliphatic rings. The fraction of sp³-hybridized carbons (Fsp3) is 0.118. The van der Waals surface area contributed by atoms with Gasteiger partial charge in [0.1, 0.15) is 0 Å². The Hall–Kier alpha value is -2.38. The van der Waals surface area contributed by atoms with Crippen molar-refractivity contribution in [1.82, 2.24) is 4.98 Å². The van der Waals surface area contributed by atoms with E-state index in [4.69, 9.17) is 4.42 Å². The van der Waals surface area contributed by atoms with Crippen molar-refractivity contribution in [3.63, 3.8) is 0 Å². The van der Waals surface area contributed by atoms with Crippen LogP contribution in [0.3, 0.4) is 0 Å². The summed E-state index contributed by atoms with van der Waals surface area (Å²) in [5, 5.41) is 4.79. The molecule has 0 aliphatic heterocycles. The number of aromatic nitrogens is 1. The summed E-state index contributed by atoms with van der Waals surface area (Å²) in [6.07, 6.45) is 3.50. The second-order valence-electron chi connectivity index (χ2n) is 4.88. The van der Waals surface area contributed by atoms with Gasteiger partial charge in [-0.2, -0.15) is 4.98 Å². The molecule has 0 unspecified atom stereocenters. The summed E-state index contributed by atoms with van der Waals surface area (Å²) in [5.41, 5.74) is 0. The third-order valence-corrected chi connectivity index (χ3v) is 5.71. The molecule has 0 spiro atoms. The van der Waals surface area contributed by atoms with Gasteiger partial charge in [-0.05, 0) is 36.6 Å². The van der Waals surface area contributed by atoms with Gasteiger partial charge in [0.05, 0.1) is 4.90 Å². The van der Waals surface area contributed by atoms with E-state index in [1.807, 2.05) is 30.5 Å². The molecule has 3 rings (SSSR count). The number of hydrogen-bond donors (Lipinski definition) is 1. The number of nitrogens with one attached hydrogen (secondary N) is 1. The first-order valence-electron chi connectivity index (χ1n) is 7.37. The van der Waals surface area contributed by atoms with Crippen LogP contribution in [0.5, 0.6) is 0 Å². The molecule has 0 fully saturated rings. The molecule has 7 heteroatoms. The van der Waals surface area contributed by atoms with Crippen LogP contribution in [-0.2, 0) is 9.84 Å². The minimum absolute atomic E-state index is 0.0959. The third-order valence-electron chi connectivity index (χ3n) is 3.19. The van der Waals surface area contributed by atoms with Gasteiger partial charge >= 0.3 is 0 Å². The maximum Gasteiger partial charge on any atom is 0.233 e. The Bertz CT molecular complexity index is 928. The topological polar surface area (TPSA) is 72.2 Å². The van der Waals surface area contributed by atoms with Gasteiger partial charge in [0, 0.05) is 17.5 Å². The van der Waals surface area contributed by atoms with Crippen LogP contribution in [0.2, 0.25) is 0 Å². The van der Waals surface area contributed by atoms with Gasteiger partial charge in [-0.3, -0.25) is 0 Å². The zero-order valence-electron chi connectivity index (χ0n) is 13.0. The molecular weight excluding hydrogens is 344 g/mol. The number of thiophene rings is 1. The minimum Gasteiger partial charge on any atom is -0.420 e. The van der Waals surface area contributed by atoms with E-state index in [0.29, 0.717) is 6.54 Å². The molecule has 0 amide bonds. The lowest BCUT2D eigenvalue weighted by Crippen LogP contribution is -2.06. The van der Waals surface area contributed by atoms with Crippen molar-refractivity contribution in [2.45, 2.75) is 16.8 Å². The van der Waals surface area contributed by atoms with Crippen molar-refractivity contribution in [3.05, 3.63) is 58.6 Å². The number of hydrogen-bond acceptors (Lipinski definition) is 6. The summed E-state index contributed by atoms with van der Waals surface area (Å²) >= 11 is 1.58. The summed E-state index contributed by atoms with van der Waals surface area (Å²) in [7, 11) is -3.74.